The van der Waals surface area contributed by atoms with Crippen LogP contribution in [-0.4, -0.2) is 29.3 Å². The van der Waals surface area contributed by atoms with E-state index in [-0.39, 0.29) is 6.42 Å². The van der Waals surface area contributed by atoms with Crippen LogP contribution in [0.4, 0.5) is 17.6 Å². The van der Waals surface area contributed by atoms with Gasteiger partial charge in [-0.2, -0.15) is 17.4 Å². The Hall–Kier alpha value is -0.210. The number of hydrogen-bond acceptors (Lipinski definition) is 3. The summed E-state index contributed by atoms with van der Waals surface area (Å²) in [7, 11) is 0. The van der Waals surface area contributed by atoms with Crippen LogP contribution in [0.1, 0.15) is 25.7 Å². The summed E-state index contributed by atoms with van der Waals surface area (Å²) in [5.41, 5.74) is 0. The fourth-order valence-electron chi connectivity index (χ4n) is 1.43. The molecule has 16 heavy (non-hydrogen) atoms. The summed E-state index contributed by atoms with van der Waals surface area (Å²) in [5, 5.41) is 0. The first-order valence-corrected chi connectivity index (χ1v) is 5.80. The first-order chi connectivity index (χ1) is 7.37. The van der Waals surface area contributed by atoms with E-state index in [0.717, 1.165) is 0 Å². The van der Waals surface area contributed by atoms with Crippen LogP contribution in [0.3, 0.4) is 0 Å². The van der Waals surface area contributed by atoms with Crippen molar-refractivity contribution in [3.63, 3.8) is 0 Å². The minimum Gasteiger partial charge on any atom is -0.265 e. The third-order valence-electron chi connectivity index (χ3n) is 2.10. The van der Waals surface area contributed by atoms with E-state index in [1.165, 1.54) is 0 Å². The molecule has 3 unspecified atom stereocenters. The van der Waals surface area contributed by atoms with Gasteiger partial charge < -0.3 is 0 Å². The molecule has 0 bridgehead atoms. The molecule has 0 radical (unpaired) electrons. The summed E-state index contributed by atoms with van der Waals surface area (Å²) in [4.78, 5) is 0. The minimum absolute atomic E-state index is 0.0567. The van der Waals surface area contributed by atoms with E-state index in [1.54, 1.807) is 0 Å². The van der Waals surface area contributed by atoms with Crippen LogP contribution in [0.15, 0.2) is 0 Å². The third kappa shape index (κ3) is 5.76. The molecule has 1 saturated carbocycles. The largest absolute Gasteiger partial charge is 0.413 e. The minimum atomic E-state index is -4.55. The van der Waals surface area contributed by atoms with Gasteiger partial charge in [0, 0.05) is 6.42 Å². The smallest absolute Gasteiger partial charge is 0.265 e. The monoisotopic (exact) mass is 264 g/mol. The van der Waals surface area contributed by atoms with E-state index in [2.05, 4.69) is 8.37 Å². The van der Waals surface area contributed by atoms with Gasteiger partial charge in [-0.1, -0.05) is 0 Å². The topological polar surface area (TPSA) is 35.5 Å². The number of hydrogen-bond donors (Lipinski definition) is 0. The van der Waals surface area contributed by atoms with E-state index < -0.39 is 36.4 Å². The van der Waals surface area contributed by atoms with Crippen molar-refractivity contribution in [2.24, 2.45) is 0 Å². The van der Waals surface area contributed by atoms with E-state index in [4.69, 9.17) is 0 Å². The number of alkyl halides is 4. The van der Waals surface area contributed by atoms with Crippen LogP contribution in [-0.2, 0) is 19.7 Å². The molecular formula is C8H12F4O3S. The van der Waals surface area contributed by atoms with Gasteiger partial charge in [-0.25, -0.2) is 4.39 Å². The van der Waals surface area contributed by atoms with Crippen LogP contribution in [0.5, 0.6) is 0 Å². The predicted molar refractivity (Wildman–Crippen MR) is 48.4 cm³/mol. The lowest BCUT2D eigenvalue weighted by Gasteiger charge is -2.23. The van der Waals surface area contributed by atoms with Crippen molar-refractivity contribution in [2.75, 3.05) is 6.61 Å². The van der Waals surface area contributed by atoms with Crippen molar-refractivity contribution >= 4 is 11.4 Å². The predicted octanol–water partition coefficient (Wildman–Crippen LogP) is 2.44. The molecular weight excluding hydrogens is 252 g/mol. The zero-order valence-electron chi connectivity index (χ0n) is 8.34. The van der Waals surface area contributed by atoms with E-state index in [1.807, 2.05) is 0 Å². The second-order valence-electron chi connectivity index (χ2n) is 3.56. The van der Waals surface area contributed by atoms with Crippen LogP contribution in [0, 0.1) is 0 Å². The average Bonchev–Trinajstić information content (AvgIpc) is 2.14. The van der Waals surface area contributed by atoms with Gasteiger partial charge in [0.1, 0.15) is 6.17 Å². The Morgan fingerprint density at radius 3 is 2.56 bits per heavy atom. The fourth-order valence-corrected chi connectivity index (χ4v) is 2.11. The molecule has 0 heterocycles. The van der Waals surface area contributed by atoms with Crippen LogP contribution < -0.4 is 0 Å². The Kier molecular flexibility index (Phi) is 5.13. The van der Waals surface area contributed by atoms with Crippen molar-refractivity contribution in [1.82, 2.24) is 0 Å². The Morgan fingerprint density at radius 2 is 2.00 bits per heavy atom. The molecule has 0 amide bonds. The van der Waals surface area contributed by atoms with Gasteiger partial charge in [0.25, 0.3) is 0 Å². The molecule has 0 aromatic carbocycles. The maximum absolute atomic E-state index is 12.9. The summed E-state index contributed by atoms with van der Waals surface area (Å²) in [5.74, 6) is 0. The first kappa shape index (κ1) is 13.9. The number of rotatable bonds is 4. The molecule has 0 aromatic rings. The fraction of sp³-hybridized carbons (Fsp3) is 1.00. The highest BCUT2D eigenvalue weighted by atomic mass is 32.2. The van der Waals surface area contributed by atoms with Crippen LogP contribution >= 0.6 is 0 Å². The van der Waals surface area contributed by atoms with Gasteiger partial charge >= 0.3 is 17.5 Å². The molecule has 0 aliphatic heterocycles. The molecule has 0 saturated heterocycles. The Morgan fingerprint density at radius 1 is 1.31 bits per heavy atom. The Bertz CT molecular complexity index is 246. The average molecular weight is 264 g/mol. The molecule has 1 rings (SSSR count). The quantitative estimate of drug-likeness (QED) is 0.732. The standard InChI is InChI=1S/C8H12F4O3S/c9-6-2-1-3-7(4-6)15-16(13)14-5-8(10,11)12/h6-7H,1-5H2. The zero-order valence-corrected chi connectivity index (χ0v) is 9.15. The van der Waals surface area contributed by atoms with Crippen molar-refractivity contribution in [1.29, 1.82) is 0 Å². The third-order valence-corrected chi connectivity index (χ3v) is 2.84. The Balaban J connectivity index is 2.23. The number of halogens is 4. The zero-order chi connectivity index (χ0) is 12.2. The summed E-state index contributed by atoms with van der Waals surface area (Å²) < 4.78 is 67.4. The second-order valence-corrected chi connectivity index (χ2v) is 4.40. The lowest BCUT2D eigenvalue weighted by molar-refractivity contribution is -0.153. The second kappa shape index (κ2) is 5.92. The molecule has 0 N–H and O–H groups in total. The van der Waals surface area contributed by atoms with Crippen LogP contribution in [0.2, 0.25) is 0 Å². The van der Waals surface area contributed by atoms with Crippen molar-refractivity contribution in [3.05, 3.63) is 0 Å². The Labute approximate surface area is 93.0 Å². The van der Waals surface area contributed by atoms with Crippen molar-refractivity contribution < 1.29 is 30.1 Å². The van der Waals surface area contributed by atoms with Gasteiger partial charge in [-0.15, -0.1) is 0 Å². The summed E-state index contributed by atoms with van der Waals surface area (Å²) in [6, 6.07) is 0. The van der Waals surface area contributed by atoms with Gasteiger partial charge in [0.05, 0.1) is 6.10 Å². The van der Waals surface area contributed by atoms with Gasteiger partial charge in [-0.05, 0) is 19.3 Å². The lowest BCUT2D eigenvalue weighted by Crippen LogP contribution is -2.26. The summed E-state index contributed by atoms with van der Waals surface area (Å²) >= 11 is -2.47. The normalized spacial score (nSPS) is 29.0. The molecule has 8 heteroatoms. The summed E-state index contributed by atoms with van der Waals surface area (Å²) in [6.45, 7) is -1.63. The van der Waals surface area contributed by atoms with E-state index >= 15 is 0 Å². The maximum Gasteiger partial charge on any atom is 0.413 e. The van der Waals surface area contributed by atoms with Gasteiger partial charge in [-0.3, -0.25) is 8.37 Å². The molecule has 0 spiro atoms. The molecule has 1 aliphatic carbocycles. The summed E-state index contributed by atoms with van der Waals surface area (Å²) in [6.07, 6.45) is -4.69. The molecule has 0 aromatic heterocycles. The molecule has 3 nitrogen and oxygen atoms in total. The highest BCUT2D eigenvalue weighted by Gasteiger charge is 2.30. The molecule has 3 atom stereocenters. The maximum atomic E-state index is 12.9. The first-order valence-electron chi connectivity index (χ1n) is 4.80. The van der Waals surface area contributed by atoms with Crippen molar-refractivity contribution in [3.8, 4) is 0 Å². The highest BCUT2D eigenvalue weighted by Crippen LogP contribution is 2.24. The molecule has 1 fully saturated rings. The highest BCUT2D eigenvalue weighted by molar-refractivity contribution is 7.75. The van der Waals surface area contributed by atoms with E-state index in [9.17, 15) is 21.8 Å². The van der Waals surface area contributed by atoms with Crippen molar-refractivity contribution in [2.45, 2.75) is 44.1 Å². The molecule has 1 aliphatic rings. The molecule has 96 valence electrons. The van der Waals surface area contributed by atoms with E-state index in [0.29, 0.717) is 19.3 Å². The lowest BCUT2D eigenvalue weighted by atomic mass is 9.96. The van der Waals surface area contributed by atoms with Gasteiger partial charge in [0.15, 0.2) is 6.61 Å². The van der Waals surface area contributed by atoms with Crippen LogP contribution in [0.25, 0.3) is 0 Å². The SMILES string of the molecule is O=S(OCC(F)(F)F)OC1CCCC(F)C1. The van der Waals surface area contributed by atoms with Gasteiger partial charge in [0.2, 0.25) is 0 Å².